The fourth-order valence-corrected chi connectivity index (χ4v) is 2.21. The fraction of sp³-hybridized carbons (Fsp3) is 0.500. The Bertz CT molecular complexity index is 412. The van der Waals surface area contributed by atoms with E-state index in [0.29, 0.717) is 12.2 Å². The van der Waals surface area contributed by atoms with Crippen molar-refractivity contribution in [3.8, 4) is 0 Å². The van der Waals surface area contributed by atoms with Crippen LogP contribution in [0.5, 0.6) is 0 Å². The molecule has 19 heavy (non-hydrogen) atoms. The van der Waals surface area contributed by atoms with E-state index in [0.717, 1.165) is 14.9 Å². The summed E-state index contributed by atoms with van der Waals surface area (Å²) < 4.78 is 38.2. The van der Waals surface area contributed by atoms with Crippen LogP contribution in [0.25, 0.3) is 0 Å². The maximum atomic E-state index is 12.5. The molecule has 0 aliphatic heterocycles. The number of hydrogen-bond acceptors (Lipinski definition) is 3. The third-order valence-electron chi connectivity index (χ3n) is 2.51. The predicted octanol–water partition coefficient (Wildman–Crippen LogP) is 2.53. The van der Waals surface area contributed by atoms with Crippen LogP contribution in [0, 0.1) is 0 Å². The minimum Gasteiger partial charge on any atom is -0.395 e. The quantitative estimate of drug-likeness (QED) is 0.835. The van der Waals surface area contributed by atoms with Crippen molar-refractivity contribution >= 4 is 21.6 Å². The summed E-state index contributed by atoms with van der Waals surface area (Å²) in [5.41, 5.74) is 1.39. The Balaban J connectivity index is 2.93. The van der Waals surface area contributed by atoms with E-state index in [2.05, 4.69) is 21.2 Å². The summed E-state index contributed by atoms with van der Waals surface area (Å²) in [6.07, 6.45) is -4.30. The second kappa shape index (κ2) is 7.12. The highest BCUT2D eigenvalue weighted by Gasteiger charge is 2.30. The predicted molar refractivity (Wildman–Crippen MR) is 72.3 cm³/mol. The summed E-state index contributed by atoms with van der Waals surface area (Å²) in [7, 11) is 1.79. The summed E-state index contributed by atoms with van der Waals surface area (Å²) in [5, 5.41) is 11.8. The zero-order valence-electron chi connectivity index (χ0n) is 10.5. The number of aliphatic hydroxyl groups is 1. The first-order chi connectivity index (χ1) is 8.87. The van der Waals surface area contributed by atoms with Crippen LogP contribution >= 0.6 is 15.9 Å². The first kappa shape index (κ1) is 16.3. The molecule has 0 aliphatic rings. The van der Waals surface area contributed by atoms with E-state index in [1.165, 1.54) is 0 Å². The van der Waals surface area contributed by atoms with Crippen molar-refractivity contribution in [1.82, 2.24) is 5.32 Å². The van der Waals surface area contributed by atoms with Gasteiger partial charge in [-0.05, 0) is 24.7 Å². The molecule has 0 bridgehead atoms. The Labute approximate surface area is 118 Å². The molecule has 1 aromatic rings. The van der Waals surface area contributed by atoms with Crippen LogP contribution in [0.1, 0.15) is 5.56 Å². The molecule has 1 aromatic carbocycles. The number of halogens is 4. The number of aliphatic hydroxyl groups excluding tert-OH is 1. The van der Waals surface area contributed by atoms with Crippen LogP contribution in [0.2, 0.25) is 0 Å². The maximum Gasteiger partial charge on any atom is 0.405 e. The Morgan fingerprint density at radius 1 is 1.37 bits per heavy atom. The number of alkyl halides is 3. The first-order valence-electron chi connectivity index (χ1n) is 5.73. The molecule has 1 rings (SSSR count). The monoisotopic (exact) mass is 340 g/mol. The first-order valence-corrected chi connectivity index (χ1v) is 6.52. The minimum atomic E-state index is -4.30. The van der Waals surface area contributed by atoms with E-state index in [1.54, 1.807) is 25.2 Å². The Kier molecular flexibility index (Phi) is 6.09. The lowest BCUT2D eigenvalue weighted by Crippen LogP contribution is -2.36. The van der Waals surface area contributed by atoms with Crippen molar-refractivity contribution in [2.75, 3.05) is 31.6 Å². The van der Waals surface area contributed by atoms with Crippen LogP contribution < -0.4 is 10.2 Å². The van der Waals surface area contributed by atoms with E-state index in [1.807, 2.05) is 0 Å². The minimum absolute atomic E-state index is 0.0582. The maximum absolute atomic E-state index is 12.5. The molecular formula is C12H16BrF3N2O. The highest BCUT2D eigenvalue weighted by molar-refractivity contribution is 9.10. The van der Waals surface area contributed by atoms with Gasteiger partial charge in [-0.2, -0.15) is 13.2 Å². The van der Waals surface area contributed by atoms with Gasteiger partial charge < -0.3 is 15.3 Å². The molecule has 7 heteroatoms. The van der Waals surface area contributed by atoms with Crippen molar-refractivity contribution in [2.24, 2.45) is 0 Å². The average Bonchev–Trinajstić information content (AvgIpc) is 2.30. The molecular weight excluding hydrogens is 325 g/mol. The number of nitrogens with one attached hydrogen (secondary N) is 1. The molecule has 0 spiro atoms. The smallest absolute Gasteiger partial charge is 0.395 e. The number of rotatable bonds is 6. The highest BCUT2D eigenvalue weighted by atomic mass is 79.9. The van der Waals surface area contributed by atoms with Gasteiger partial charge in [0.05, 0.1) is 6.61 Å². The summed E-state index contributed by atoms with van der Waals surface area (Å²) >= 11 is 3.34. The molecule has 0 amide bonds. The van der Waals surface area contributed by atoms with Crippen molar-refractivity contribution in [2.45, 2.75) is 12.7 Å². The number of hydrogen-bond donors (Lipinski definition) is 2. The standard InChI is InChI=1S/C12H16BrF3N2O/c1-17-7-9-2-3-10(6-11(9)13)18(4-5-19)8-12(14,15)16/h2-3,6,17,19H,4-5,7-8H2,1H3. The molecule has 0 saturated heterocycles. The SMILES string of the molecule is CNCc1ccc(N(CCO)CC(F)(F)F)cc1Br. The molecule has 0 unspecified atom stereocenters. The van der Waals surface area contributed by atoms with Gasteiger partial charge in [0.1, 0.15) is 6.54 Å². The second-order valence-electron chi connectivity index (χ2n) is 4.07. The Morgan fingerprint density at radius 3 is 2.53 bits per heavy atom. The molecule has 0 saturated carbocycles. The van der Waals surface area contributed by atoms with Gasteiger partial charge in [0.2, 0.25) is 0 Å². The zero-order valence-corrected chi connectivity index (χ0v) is 12.1. The lowest BCUT2D eigenvalue weighted by molar-refractivity contribution is -0.119. The van der Waals surface area contributed by atoms with Crippen LogP contribution in [0.4, 0.5) is 18.9 Å². The zero-order chi connectivity index (χ0) is 14.5. The summed E-state index contributed by atoms with van der Waals surface area (Å²) in [6, 6.07) is 5.02. The lowest BCUT2D eigenvalue weighted by Gasteiger charge is -2.25. The topological polar surface area (TPSA) is 35.5 Å². The molecule has 0 radical (unpaired) electrons. The van der Waals surface area contributed by atoms with E-state index >= 15 is 0 Å². The summed E-state index contributed by atoms with van der Waals surface area (Å²) in [4.78, 5) is 1.11. The van der Waals surface area contributed by atoms with Gasteiger partial charge in [0, 0.05) is 23.2 Å². The van der Waals surface area contributed by atoms with Gasteiger partial charge in [-0.3, -0.25) is 0 Å². The van der Waals surface area contributed by atoms with Gasteiger partial charge in [-0.1, -0.05) is 22.0 Å². The number of benzene rings is 1. The van der Waals surface area contributed by atoms with Crippen molar-refractivity contribution in [3.63, 3.8) is 0 Å². The van der Waals surface area contributed by atoms with Crippen LogP contribution in [-0.2, 0) is 6.54 Å². The fourth-order valence-electron chi connectivity index (χ4n) is 1.70. The van der Waals surface area contributed by atoms with Crippen LogP contribution in [0.15, 0.2) is 22.7 Å². The van der Waals surface area contributed by atoms with E-state index in [9.17, 15) is 13.2 Å². The van der Waals surface area contributed by atoms with E-state index in [-0.39, 0.29) is 13.2 Å². The summed E-state index contributed by atoms with van der Waals surface area (Å²) in [6.45, 7) is -0.838. The normalized spacial score (nSPS) is 11.7. The highest BCUT2D eigenvalue weighted by Crippen LogP contribution is 2.27. The van der Waals surface area contributed by atoms with Gasteiger partial charge >= 0.3 is 6.18 Å². The molecule has 0 heterocycles. The second-order valence-corrected chi connectivity index (χ2v) is 4.92. The molecule has 0 atom stereocenters. The molecule has 0 fully saturated rings. The molecule has 0 aromatic heterocycles. The third-order valence-corrected chi connectivity index (χ3v) is 3.25. The lowest BCUT2D eigenvalue weighted by atomic mass is 10.2. The number of nitrogens with zero attached hydrogens (tertiary/aromatic N) is 1. The third kappa shape index (κ3) is 5.38. The van der Waals surface area contributed by atoms with Gasteiger partial charge in [0.25, 0.3) is 0 Å². The van der Waals surface area contributed by atoms with Crippen LogP contribution in [0.3, 0.4) is 0 Å². The average molecular weight is 341 g/mol. The Hall–Kier alpha value is -0.790. The van der Waals surface area contributed by atoms with Gasteiger partial charge in [-0.15, -0.1) is 0 Å². The van der Waals surface area contributed by atoms with E-state index < -0.39 is 12.7 Å². The van der Waals surface area contributed by atoms with Crippen molar-refractivity contribution in [3.05, 3.63) is 28.2 Å². The van der Waals surface area contributed by atoms with Gasteiger partial charge in [0.15, 0.2) is 0 Å². The van der Waals surface area contributed by atoms with Crippen LogP contribution in [-0.4, -0.2) is 38.0 Å². The summed E-state index contributed by atoms with van der Waals surface area (Å²) in [5.74, 6) is 0. The molecule has 2 N–H and O–H groups in total. The number of anilines is 1. The molecule has 3 nitrogen and oxygen atoms in total. The van der Waals surface area contributed by atoms with E-state index in [4.69, 9.17) is 5.11 Å². The van der Waals surface area contributed by atoms with Crippen molar-refractivity contribution < 1.29 is 18.3 Å². The largest absolute Gasteiger partial charge is 0.405 e. The van der Waals surface area contributed by atoms with Crippen molar-refractivity contribution in [1.29, 1.82) is 0 Å². The molecule has 108 valence electrons. The molecule has 0 aliphatic carbocycles. The Morgan fingerprint density at radius 2 is 2.05 bits per heavy atom. The van der Waals surface area contributed by atoms with Gasteiger partial charge in [-0.25, -0.2) is 0 Å².